The molecule has 3 aromatic rings. The van der Waals surface area contributed by atoms with Gasteiger partial charge in [0.15, 0.2) is 17.5 Å². The number of piperazine rings is 1. The zero-order valence-corrected chi connectivity index (χ0v) is 15.3. The minimum Gasteiger partial charge on any atom is -0.352 e. The van der Waals surface area contributed by atoms with Crippen molar-refractivity contribution in [1.82, 2.24) is 14.9 Å². The van der Waals surface area contributed by atoms with Crippen molar-refractivity contribution < 1.29 is 22.0 Å². The van der Waals surface area contributed by atoms with Crippen molar-refractivity contribution in [2.45, 2.75) is 25.1 Å². The molecule has 4 heterocycles. The fourth-order valence-corrected chi connectivity index (χ4v) is 4.50. The van der Waals surface area contributed by atoms with E-state index < -0.39 is 28.9 Å². The van der Waals surface area contributed by atoms with Crippen molar-refractivity contribution in [2.24, 2.45) is 0 Å². The molecule has 2 saturated heterocycles. The molecule has 2 fully saturated rings. The van der Waals surface area contributed by atoms with Crippen molar-refractivity contribution >= 4 is 27.6 Å². The molecule has 0 bridgehead atoms. The largest absolute Gasteiger partial charge is 0.419 e. The fraction of sp³-hybridized carbons (Fsp3) is 0.400. The number of halogens is 5. The number of aromatic nitrogens is 2. The van der Waals surface area contributed by atoms with Crippen LogP contribution in [0.3, 0.4) is 0 Å². The van der Waals surface area contributed by atoms with Crippen LogP contribution in [0.1, 0.15) is 18.4 Å². The second-order valence-corrected chi connectivity index (χ2v) is 7.56. The Morgan fingerprint density at radius 1 is 1.00 bits per heavy atom. The summed E-state index contributed by atoms with van der Waals surface area (Å²) in [6.45, 7) is 3.19. The topological polar surface area (TPSA) is 32.3 Å². The third kappa shape index (κ3) is 2.90. The molecule has 0 saturated carbocycles. The van der Waals surface area contributed by atoms with Gasteiger partial charge in [-0.2, -0.15) is 13.2 Å². The van der Waals surface area contributed by atoms with Gasteiger partial charge in [0.2, 0.25) is 0 Å². The highest BCUT2D eigenvalue weighted by Crippen LogP contribution is 2.39. The molecular weight excluding hydrogens is 391 g/mol. The van der Waals surface area contributed by atoms with Crippen LogP contribution in [0.15, 0.2) is 24.4 Å². The van der Waals surface area contributed by atoms with E-state index in [9.17, 15) is 22.0 Å². The Balaban J connectivity index is 1.74. The van der Waals surface area contributed by atoms with E-state index in [4.69, 9.17) is 0 Å². The van der Waals surface area contributed by atoms with Crippen LogP contribution in [-0.2, 0) is 6.18 Å². The first-order valence-electron chi connectivity index (χ1n) is 9.47. The van der Waals surface area contributed by atoms with Crippen LogP contribution >= 0.6 is 0 Å². The number of alkyl halides is 3. The first-order chi connectivity index (χ1) is 13.8. The highest BCUT2D eigenvalue weighted by atomic mass is 19.4. The molecule has 1 unspecified atom stereocenters. The summed E-state index contributed by atoms with van der Waals surface area (Å²) in [6.07, 6.45) is -1.32. The fourth-order valence-electron chi connectivity index (χ4n) is 4.50. The molecule has 0 amide bonds. The van der Waals surface area contributed by atoms with Gasteiger partial charge >= 0.3 is 6.18 Å². The lowest BCUT2D eigenvalue weighted by Crippen LogP contribution is -2.50. The predicted molar refractivity (Wildman–Crippen MR) is 98.8 cm³/mol. The Kier molecular flexibility index (Phi) is 4.13. The number of rotatable bonds is 1. The van der Waals surface area contributed by atoms with Crippen LogP contribution in [-0.4, -0.2) is 47.1 Å². The number of nitrogens with zero attached hydrogens (tertiary/aromatic N) is 4. The number of pyridine rings is 2. The van der Waals surface area contributed by atoms with Crippen LogP contribution in [0.25, 0.3) is 21.8 Å². The second kappa shape index (κ2) is 6.48. The SMILES string of the molecule is Fc1c(C(F)(F)F)cc2c(nc(N3CCN4CCCC4C3)c3ncccc32)c1F. The Bertz CT molecular complexity index is 1110. The molecule has 29 heavy (non-hydrogen) atoms. The predicted octanol–water partition coefficient (Wildman–Crippen LogP) is 4.36. The first-order valence-corrected chi connectivity index (χ1v) is 9.47. The van der Waals surface area contributed by atoms with Crippen molar-refractivity contribution in [3.05, 3.63) is 41.6 Å². The molecular formula is C20H17F5N4. The number of anilines is 1. The summed E-state index contributed by atoms with van der Waals surface area (Å²) in [4.78, 5) is 13.0. The van der Waals surface area contributed by atoms with Gasteiger partial charge in [-0.05, 0) is 31.5 Å². The van der Waals surface area contributed by atoms with Gasteiger partial charge in [0.05, 0.1) is 5.56 Å². The minimum absolute atomic E-state index is 0.0948. The number of fused-ring (bicyclic) bond motifs is 4. The lowest BCUT2D eigenvalue weighted by atomic mass is 10.0. The minimum atomic E-state index is -5.01. The smallest absolute Gasteiger partial charge is 0.352 e. The van der Waals surface area contributed by atoms with Crippen LogP contribution in [0.4, 0.5) is 27.8 Å². The Hall–Kier alpha value is -2.55. The maximum absolute atomic E-state index is 14.7. The third-order valence-corrected chi connectivity index (χ3v) is 5.90. The number of benzene rings is 1. The quantitative estimate of drug-likeness (QED) is 0.442. The van der Waals surface area contributed by atoms with Gasteiger partial charge < -0.3 is 4.90 Å². The molecule has 2 aromatic heterocycles. The molecule has 152 valence electrons. The van der Waals surface area contributed by atoms with Gasteiger partial charge in [-0.25, -0.2) is 13.8 Å². The Labute approximate surface area is 162 Å². The maximum atomic E-state index is 14.7. The van der Waals surface area contributed by atoms with Gasteiger partial charge in [0.25, 0.3) is 0 Å². The van der Waals surface area contributed by atoms with Crippen molar-refractivity contribution in [1.29, 1.82) is 0 Å². The van der Waals surface area contributed by atoms with Crippen LogP contribution in [0, 0.1) is 11.6 Å². The second-order valence-electron chi connectivity index (χ2n) is 7.56. The van der Waals surface area contributed by atoms with E-state index >= 15 is 0 Å². The summed E-state index contributed by atoms with van der Waals surface area (Å²) in [6, 6.07) is 4.12. The average molecular weight is 408 g/mol. The molecule has 0 N–H and O–H groups in total. The van der Waals surface area contributed by atoms with Gasteiger partial charge in [-0.1, -0.05) is 6.07 Å². The summed E-state index contributed by atoms with van der Waals surface area (Å²) in [5.74, 6) is -3.12. The normalized spacial score (nSPS) is 20.6. The van der Waals surface area contributed by atoms with E-state index in [0.717, 1.165) is 25.9 Å². The highest BCUT2D eigenvalue weighted by Gasteiger charge is 2.37. The lowest BCUT2D eigenvalue weighted by Gasteiger charge is -2.38. The van der Waals surface area contributed by atoms with E-state index in [-0.39, 0.29) is 5.39 Å². The monoisotopic (exact) mass is 408 g/mol. The van der Waals surface area contributed by atoms with Crippen LogP contribution < -0.4 is 4.90 Å². The molecule has 4 nitrogen and oxygen atoms in total. The van der Waals surface area contributed by atoms with Crippen molar-refractivity contribution in [3.63, 3.8) is 0 Å². The molecule has 0 aliphatic carbocycles. The number of hydrogen-bond donors (Lipinski definition) is 0. The lowest BCUT2D eigenvalue weighted by molar-refractivity contribution is -0.140. The Morgan fingerprint density at radius 2 is 1.83 bits per heavy atom. The van der Waals surface area contributed by atoms with Gasteiger partial charge in [-0.3, -0.25) is 9.88 Å². The number of hydrogen-bond acceptors (Lipinski definition) is 4. The Morgan fingerprint density at radius 3 is 2.62 bits per heavy atom. The average Bonchev–Trinajstić information content (AvgIpc) is 3.17. The summed E-state index contributed by atoms with van der Waals surface area (Å²) >= 11 is 0. The van der Waals surface area contributed by atoms with E-state index in [1.54, 1.807) is 12.1 Å². The van der Waals surface area contributed by atoms with E-state index in [1.165, 1.54) is 6.20 Å². The zero-order chi connectivity index (χ0) is 20.3. The summed E-state index contributed by atoms with van der Waals surface area (Å²) in [5, 5.41) is 0.230. The van der Waals surface area contributed by atoms with E-state index in [2.05, 4.69) is 14.9 Å². The molecule has 0 spiro atoms. The summed E-state index contributed by atoms with van der Waals surface area (Å²) in [5.41, 5.74) is -1.65. The zero-order valence-electron chi connectivity index (χ0n) is 15.3. The molecule has 1 aromatic carbocycles. The van der Waals surface area contributed by atoms with Crippen LogP contribution in [0.5, 0.6) is 0 Å². The van der Waals surface area contributed by atoms with Crippen LogP contribution in [0.2, 0.25) is 0 Å². The highest BCUT2D eigenvalue weighted by molar-refractivity contribution is 6.09. The van der Waals surface area contributed by atoms with Crippen molar-refractivity contribution in [3.8, 4) is 0 Å². The summed E-state index contributed by atoms with van der Waals surface area (Å²) in [7, 11) is 0. The molecule has 0 radical (unpaired) electrons. The van der Waals surface area contributed by atoms with E-state index in [0.29, 0.717) is 41.9 Å². The molecule has 9 heteroatoms. The molecule has 2 aliphatic rings. The molecule has 1 atom stereocenters. The third-order valence-electron chi connectivity index (χ3n) is 5.90. The molecule has 2 aliphatic heterocycles. The van der Waals surface area contributed by atoms with Gasteiger partial charge in [-0.15, -0.1) is 0 Å². The maximum Gasteiger partial charge on any atom is 0.419 e. The standard InChI is InChI=1S/C20H17F5N4/c21-15-14(20(23,24)25)9-13-12-4-1-5-26-18(12)19(27-17(13)16(15)22)29-8-7-28-6-2-3-11(28)10-29/h1,4-5,9,11H,2-3,6-8,10H2. The summed E-state index contributed by atoms with van der Waals surface area (Å²) < 4.78 is 68.5. The first kappa shape index (κ1) is 18.5. The van der Waals surface area contributed by atoms with E-state index in [1.807, 2.05) is 4.90 Å². The van der Waals surface area contributed by atoms with Crippen molar-refractivity contribution in [2.75, 3.05) is 31.1 Å². The molecule has 5 rings (SSSR count). The van der Waals surface area contributed by atoms with Gasteiger partial charge in [0.1, 0.15) is 11.0 Å². The van der Waals surface area contributed by atoms with Gasteiger partial charge in [0, 0.05) is 42.6 Å².